The number of ether oxygens (including phenoxy) is 2. The SMILES string of the molecule is COCCC(C(=O)Nc1ccc(C(N)=O)c(F)c1)n1cc(OC)c(-c2cc(Cl)ccc2-n2ccnc2)cc1=O. The molecular formula is C27H25ClFN5O5. The van der Waals surface area contributed by atoms with Crippen molar-refractivity contribution >= 4 is 29.1 Å². The number of hydrogen-bond donors (Lipinski definition) is 2. The van der Waals surface area contributed by atoms with Crippen molar-refractivity contribution in [3.8, 4) is 22.6 Å². The van der Waals surface area contributed by atoms with Crippen LogP contribution in [-0.4, -0.2) is 46.8 Å². The van der Waals surface area contributed by atoms with Crippen LogP contribution in [0.3, 0.4) is 0 Å². The Balaban J connectivity index is 1.75. The largest absolute Gasteiger partial charge is 0.495 e. The molecule has 3 N–H and O–H groups in total. The Kier molecular flexibility index (Phi) is 8.43. The van der Waals surface area contributed by atoms with Crippen molar-refractivity contribution in [1.29, 1.82) is 0 Å². The Morgan fingerprint density at radius 3 is 2.59 bits per heavy atom. The van der Waals surface area contributed by atoms with Gasteiger partial charge in [-0.3, -0.25) is 19.0 Å². The zero-order valence-corrected chi connectivity index (χ0v) is 21.8. The van der Waals surface area contributed by atoms with Crippen LogP contribution in [0.25, 0.3) is 16.8 Å². The maximum absolute atomic E-state index is 14.3. The van der Waals surface area contributed by atoms with E-state index in [2.05, 4.69) is 10.3 Å². The van der Waals surface area contributed by atoms with Crippen molar-refractivity contribution in [1.82, 2.24) is 14.1 Å². The molecule has 0 aliphatic rings. The number of nitrogens with one attached hydrogen (secondary N) is 1. The second-order valence-corrected chi connectivity index (χ2v) is 8.91. The number of primary amides is 1. The smallest absolute Gasteiger partial charge is 0.252 e. The van der Waals surface area contributed by atoms with Crippen LogP contribution < -0.4 is 21.3 Å². The highest BCUT2D eigenvalue weighted by Crippen LogP contribution is 2.35. The van der Waals surface area contributed by atoms with Crippen molar-refractivity contribution in [2.24, 2.45) is 5.73 Å². The third-order valence-corrected chi connectivity index (χ3v) is 6.27. The number of carbonyl (C=O) groups excluding carboxylic acids is 2. The van der Waals surface area contributed by atoms with Gasteiger partial charge in [0, 0.05) is 60.4 Å². The lowest BCUT2D eigenvalue weighted by molar-refractivity contribution is -0.119. The molecule has 2 aromatic heterocycles. The van der Waals surface area contributed by atoms with Crippen molar-refractivity contribution in [2.75, 3.05) is 26.1 Å². The monoisotopic (exact) mass is 553 g/mol. The van der Waals surface area contributed by atoms with Gasteiger partial charge < -0.3 is 25.1 Å². The molecule has 39 heavy (non-hydrogen) atoms. The lowest BCUT2D eigenvalue weighted by Gasteiger charge is -2.22. The number of nitrogens with zero attached hydrogens (tertiary/aromatic N) is 3. The average molecular weight is 554 g/mol. The summed E-state index contributed by atoms with van der Waals surface area (Å²) in [6.07, 6.45) is 6.56. The van der Waals surface area contributed by atoms with Gasteiger partial charge in [-0.25, -0.2) is 9.37 Å². The normalized spacial score (nSPS) is 11.7. The molecule has 202 valence electrons. The second-order valence-electron chi connectivity index (χ2n) is 8.48. The molecular weight excluding hydrogens is 529 g/mol. The first kappa shape index (κ1) is 27.6. The fourth-order valence-electron chi connectivity index (χ4n) is 4.14. The van der Waals surface area contributed by atoms with Crippen molar-refractivity contribution in [2.45, 2.75) is 12.5 Å². The Morgan fingerprint density at radius 2 is 1.95 bits per heavy atom. The van der Waals surface area contributed by atoms with E-state index in [0.29, 0.717) is 27.6 Å². The molecule has 4 aromatic rings. The maximum atomic E-state index is 14.3. The zero-order chi connectivity index (χ0) is 28.1. The third-order valence-electron chi connectivity index (χ3n) is 6.03. The first-order valence-corrected chi connectivity index (χ1v) is 12.1. The molecule has 0 saturated carbocycles. The van der Waals surface area contributed by atoms with Gasteiger partial charge in [0.25, 0.3) is 11.5 Å². The number of halogens is 2. The lowest BCUT2D eigenvalue weighted by Crippen LogP contribution is -2.34. The number of carbonyl (C=O) groups is 2. The number of hydrogen-bond acceptors (Lipinski definition) is 6. The molecule has 2 amide bonds. The minimum absolute atomic E-state index is 0.0884. The zero-order valence-electron chi connectivity index (χ0n) is 21.1. The van der Waals surface area contributed by atoms with Crippen LogP contribution >= 0.6 is 11.6 Å². The van der Waals surface area contributed by atoms with Gasteiger partial charge in [-0.05, 0) is 36.4 Å². The maximum Gasteiger partial charge on any atom is 0.252 e. The van der Waals surface area contributed by atoms with Gasteiger partial charge in [-0.2, -0.15) is 0 Å². The summed E-state index contributed by atoms with van der Waals surface area (Å²) in [4.78, 5) is 42.1. The van der Waals surface area contributed by atoms with E-state index in [1.54, 1.807) is 41.5 Å². The molecule has 0 fully saturated rings. The number of methoxy groups -OCH3 is 2. The predicted molar refractivity (Wildman–Crippen MR) is 144 cm³/mol. The molecule has 1 atom stereocenters. The minimum atomic E-state index is -1.04. The highest BCUT2D eigenvalue weighted by Gasteiger charge is 2.25. The molecule has 12 heteroatoms. The van der Waals surface area contributed by atoms with E-state index in [1.165, 1.54) is 43.2 Å². The number of pyridine rings is 1. The molecule has 2 heterocycles. The van der Waals surface area contributed by atoms with Gasteiger partial charge in [0.2, 0.25) is 5.91 Å². The van der Waals surface area contributed by atoms with E-state index in [0.717, 1.165) is 6.07 Å². The summed E-state index contributed by atoms with van der Waals surface area (Å²) < 4.78 is 28.0. The summed E-state index contributed by atoms with van der Waals surface area (Å²) in [5, 5.41) is 3.04. The summed E-state index contributed by atoms with van der Waals surface area (Å²) in [6, 6.07) is 9.04. The fourth-order valence-corrected chi connectivity index (χ4v) is 4.31. The first-order chi connectivity index (χ1) is 18.7. The molecule has 1 unspecified atom stereocenters. The van der Waals surface area contributed by atoms with E-state index >= 15 is 0 Å². The summed E-state index contributed by atoms with van der Waals surface area (Å²) in [6.45, 7) is 0.155. The van der Waals surface area contributed by atoms with Crippen LogP contribution in [0.1, 0.15) is 22.8 Å². The van der Waals surface area contributed by atoms with E-state index < -0.39 is 29.2 Å². The fraction of sp³-hybridized carbons (Fsp3) is 0.185. The van der Waals surface area contributed by atoms with Crippen LogP contribution in [0.2, 0.25) is 5.02 Å². The van der Waals surface area contributed by atoms with Gasteiger partial charge >= 0.3 is 0 Å². The topological polar surface area (TPSA) is 130 Å². The second kappa shape index (κ2) is 11.9. The first-order valence-electron chi connectivity index (χ1n) is 11.7. The predicted octanol–water partition coefficient (Wildman–Crippen LogP) is 3.82. The summed E-state index contributed by atoms with van der Waals surface area (Å²) in [5.74, 6) is -2.10. The Labute approximate surface area is 227 Å². The third kappa shape index (κ3) is 6.00. The minimum Gasteiger partial charge on any atom is -0.495 e. The molecule has 0 saturated heterocycles. The number of anilines is 1. The Morgan fingerprint density at radius 1 is 1.15 bits per heavy atom. The van der Waals surface area contributed by atoms with E-state index in [4.69, 9.17) is 26.8 Å². The van der Waals surface area contributed by atoms with E-state index in [1.807, 2.05) is 0 Å². The molecule has 0 spiro atoms. The van der Waals surface area contributed by atoms with E-state index in [-0.39, 0.29) is 24.3 Å². The van der Waals surface area contributed by atoms with Crippen LogP contribution in [0.5, 0.6) is 5.75 Å². The number of amides is 2. The highest BCUT2D eigenvalue weighted by atomic mass is 35.5. The summed E-state index contributed by atoms with van der Waals surface area (Å²) >= 11 is 6.29. The quantitative estimate of drug-likeness (QED) is 0.307. The van der Waals surface area contributed by atoms with Gasteiger partial charge in [0.15, 0.2) is 0 Å². The van der Waals surface area contributed by atoms with Gasteiger partial charge in [-0.15, -0.1) is 0 Å². The van der Waals surface area contributed by atoms with Crippen molar-refractivity contribution < 1.29 is 23.5 Å². The van der Waals surface area contributed by atoms with Gasteiger partial charge in [-0.1, -0.05) is 11.6 Å². The van der Waals surface area contributed by atoms with Gasteiger partial charge in [0.1, 0.15) is 17.6 Å². The molecule has 0 radical (unpaired) electrons. The average Bonchev–Trinajstić information content (AvgIpc) is 3.44. The summed E-state index contributed by atoms with van der Waals surface area (Å²) in [5.41, 5.74) is 6.22. The number of rotatable bonds is 10. The molecule has 4 rings (SSSR count). The van der Waals surface area contributed by atoms with Crippen LogP contribution in [0.15, 0.2) is 72.2 Å². The van der Waals surface area contributed by atoms with Crippen molar-refractivity contribution in [3.63, 3.8) is 0 Å². The molecule has 0 aliphatic heterocycles. The van der Waals surface area contributed by atoms with E-state index in [9.17, 15) is 18.8 Å². The van der Waals surface area contributed by atoms with Crippen LogP contribution in [0, 0.1) is 5.82 Å². The number of benzene rings is 2. The number of imidazole rings is 1. The number of aromatic nitrogens is 3. The van der Waals surface area contributed by atoms with Gasteiger partial charge in [0.05, 0.1) is 30.9 Å². The summed E-state index contributed by atoms with van der Waals surface area (Å²) in [7, 11) is 2.92. The molecule has 0 bridgehead atoms. The molecule has 2 aromatic carbocycles. The number of nitrogens with two attached hydrogens (primary N) is 1. The lowest BCUT2D eigenvalue weighted by atomic mass is 10.0. The van der Waals surface area contributed by atoms with Crippen molar-refractivity contribution in [3.05, 3.63) is 94.1 Å². The van der Waals surface area contributed by atoms with Crippen LogP contribution in [-0.2, 0) is 9.53 Å². The Hall–Kier alpha value is -4.48. The highest BCUT2D eigenvalue weighted by molar-refractivity contribution is 6.31. The molecule has 10 nitrogen and oxygen atoms in total. The van der Waals surface area contributed by atoms with Crippen LogP contribution in [0.4, 0.5) is 10.1 Å². The molecule has 0 aliphatic carbocycles. The Bertz CT molecular complexity index is 1570. The standard InChI is InChI=1S/C27H25ClFN5O5/c1-38-10-7-23(27(37)32-17-4-5-18(26(30)36)21(29)12-17)34-14-24(39-2)20(13-25(34)35)19-11-16(28)3-6-22(19)33-9-8-31-15-33/h3-6,8-9,11-15,23H,7,10H2,1-2H3,(H2,30,36)(H,32,37).